The van der Waals surface area contributed by atoms with E-state index in [1.165, 1.54) is 11.8 Å². The van der Waals surface area contributed by atoms with Crippen LogP contribution in [0.25, 0.3) is 0 Å². The van der Waals surface area contributed by atoms with Crippen LogP contribution in [-0.4, -0.2) is 19.9 Å². The predicted molar refractivity (Wildman–Crippen MR) is 70.9 cm³/mol. The minimum absolute atomic E-state index is 0.0959. The molecule has 0 aromatic heterocycles. The van der Waals surface area contributed by atoms with E-state index in [0.29, 0.717) is 28.2 Å². The lowest BCUT2D eigenvalue weighted by Gasteiger charge is -2.04. The Morgan fingerprint density at radius 2 is 2.00 bits per heavy atom. The Hall–Kier alpha value is -1.21. The van der Waals surface area contributed by atoms with Crippen molar-refractivity contribution in [3.63, 3.8) is 0 Å². The number of halogens is 1. The van der Waals surface area contributed by atoms with Gasteiger partial charge in [0.15, 0.2) is 0 Å². The van der Waals surface area contributed by atoms with Crippen LogP contribution < -0.4 is 0 Å². The van der Waals surface area contributed by atoms with Gasteiger partial charge in [0.05, 0.1) is 16.9 Å². The third-order valence-corrected chi connectivity index (χ3v) is 4.43. The third-order valence-electron chi connectivity index (χ3n) is 2.05. The van der Waals surface area contributed by atoms with Crippen LogP contribution in [0.4, 0.5) is 0 Å². The van der Waals surface area contributed by atoms with Crippen LogP contribution in [0, 0.1) is 22.7 Å². The van der Waals surface area contributed by atoms with E-state index in [9.17, 15) is 8.42 Å². The first-order valence-corrected chi connectivity index (χ1v) is 8.42. The van der Waals surface area contributed by atoms with Crippen molar-refractivity contribution in [2.24, 2.45) is 0 Å². The molecular formula is C11H9ClN2O2S2. The zero-order chi connectivity index (χ0) is 13.6. The summed E-state index contributed by atoms with van der Waals surface area (Å²) in [7, 11) is 1.62. The Bertz CT molecular complexity index is 615. The molecule has 0 amide bonds. The summed E-state index contributed by atoms with van der Waals surface area (Å²) in [5, 5.41) is 17.8. The highest BCUT2D eigenvalue weighted by Crippen LogP contribution is 2.25. The second-order valence-corrected chi connectivity index (χ2v) is 7.38. The van der Waals surface area contributed by atoms with Crippen molar-refractivity contribution in [2.45, 2.75) is 11.3 Å². The van der Waals surface area contributed by atoms with Gasteiger partial charge in [-0.15, -0.1) is 11.8 Å². The number of nitriles is 2. The second kappa shape index (κ2) is 6.65. The van der Waals surface area contributed by atoms with E-state index in [1.54, 1.807) is 18.2 Å². The first kappa shape index (κ1) is 14.8. The molecule has 0 bridgehead atoms. The molecule has 0 unspecified atom stereocenters. The highest BCUT2D eigenvalue weighted by Gasteiger charge is 2.09. The summed E-state index contributed by atoms with van der Waals surface area (Å²) in [4.78, 5) is 0.684. The van der Waals surface area contributed by atoms with Crippen molar-refractivity contribution in [1.82, 2.24) is 0 Å². The van der Waals surface area contributed by atoms with E-state index < -0.39 is 9.05 Å². The van der Waals surface area contributed by atoms with Crippen molar-refractivity contribution in [2.75, 3.05) is 11.5 Å². The molecule has 7 heteroatoms. The number of benzene rings is 1. The molecule has 1 rings (SSSR count). The molecule has 4 nitrogen and oxygen atoms in total. The smallest absolute Gasteiger partial charge is 0.212 e. The van der Waals surface area contributed by atoms with Gasteiger partial charge in [-0.25, -0.2) is 8.42 Å². The molecule has 0 aliphatic heterocycles. The quantitative estimate of drug-likeness (QED) is 0.474. The molecule has 0 spiro atoms. The average Bonchev–Trinajstić information content (AvgIpc) is 2.32. The van der Waals surface area contributed by atoms with Gasteiger partial charge >= 0.3 is 0 Å². The van der Waals surface area contributed by atoms with E-state index in [1.807, 2.05) is 12.1 Å². The molecule has 0 atom stereocenters. The fraction of sp³-hybridized carbons (Fsp3) is 0.273. The zero-order valence-corrected chi connectivity index (χ0v) is 11.6. The van der Waals surface area contributed by atoms with E-state index >= 15 is 0 Å². The van der Waals surface area contributed by atoms with Gasteiger partial charge in [-0.05, 0) is 24.3 Å². The molecule has 0 aliphatic rings. The molecule has 94 valence electrons. The van der Waals surface area contributed by atoms with E-state index in [4.69, 9.17) is 21.2 Å². The number of hydrogen-bond acceptors (Lipinski definition) is 5. The maximum absolute atomic E-state index is 10.7. The van der Waals surface area contributed by atoms with Gasteiger partial charge in [0, 0.05) is 15.6 Å². The molecule has 18 heavy (non-hydrogen) atoms. The van der Waals surface area contributed by atoms with Crippen molar-refractivity contribution in [3.8, 4) is 12.1 Å². The van der Waals surface area contributed by atoms with Gasteiger partial charge in [-0.3, -0.25) is 0 Å². The second-order valence-electron chi connectivity index (χ2n) is 3.35. The molecule has 0 N–H and O–H groups in total. The number of rotatable bonds is 5. The van der Waals surface area contributed by atoms with Gasteiger partial charge in [-0.2, -0.15) is 10.5 Å². The molecule has 0 saturated carbocycles. The van der Waals surface area contributed by atoms with Gasteiger partial charge in [-0.1, -0.05) is 6.07 Å². The first-order chi connectivity index (χ1) is 8.48. The Balaban J connectivity index is 2.70. The van der Waals surface area contributed by atoms with Crippen LogP contribution >= 0.6 is 22.4 Å². The SMILES string of the molecule is N#Cc1cccc(SCCCS(=O)(=O)Cl)c1C#N. The summed E-state index contributed by atoms with van der Waals surface area (Å²) < 4.78 is 21.5. The van der Waals surface area contributed by atoms with Crippen LogP contribution in [0.2, 0.25) is 0 Å². The van der Waals surface area contributed by atoms with Gasteiger partial charge in [0.2, 0.25) is 9.05 Å². The lowest BCUT2D eigenvalue weighted by atomic mass is 10.1. The largest absolute Gasteiger partial charge is 0.232 e. The topological polar surface area (TPSA) is 81.7 Å². The first-order valence-electron chi connectivity index (χ1n) is 4.96. The summed E-state index contributed by atoms with van der Waals surface area (Å²) >= 11 is 1.35. The molecule has 0 heterocycles. The van der Waals surface area contributed by atoms with Crippen LogP contribution in [-0.2, 0) is 9.05 Å². The summed E-state index contributed by atoms with van der Waals surface area (Å²) in [5.74, 6) is 0.427. The maximum Gasteiger partial charge on any atom is 0.232 e. The standard InChI is InChI=1S/C11H9ClN2O2S2/c12-18(15,16)6-2-5-17-11-4-1-3-9(7-13)10(11)8-14/h1,3-4H,2,5-6H2. The molecule has 1 aromatic rings. The van der Waals surface area contributed by atoms with Crippen LogP contribution in [0.3, 0.4) is 0 Å². The van der Waals surface area contributed by atoms with Gasteiger partial charge in [0.25, 0.3) is 0 Å². The van der Waals surface area contributed by atoms with Crippen molar-refractivity contribution in [3.05, 3.63) is 29.3 Å². The summed E-state index contributed by atoms with van der Waals surface area (Å²) in [6.45, 7) is 0. The highest BCUT2D eigenvalue weighted by molar-refractivity contribution is 8.13. The van der Waals surface area contributed by atoms with Crippen LogP contribution in [0.5, 0.6) is 0 Å². The minimum Gasteiger partial charge on any atom is -0.212 e. The monoisotopic (exact) mass is 300 g/mol. The Labute approximate surface area is 115 Å². The molecular weight excluding hydrogens is 292 g/mol. The predicted octanol–water partition coefficient (Wildman–Crippen LogP) is 2.48. The van der Waals surface area contributed by atoms with Crippen molar-refractivity contribution >= 4 is 31.5 Å². The number of hydrogen-bond donors (Lipinski definition) is 0. The lowest BCUT2D eigenvalue weighted by molar-refractivity contribution is 0.608. The average molecular weight is 301 g/mol. The van der Waals surface area contributed by atoms with Gasteiger partial charge < -0.3 is 0 Å². The summed E-state index contributed by atoms with van der Waals surface area (Å²) in [6, 6.07) is 8.94. The summed E-state index contributed by atoms with van der Waals surface area (Å²) in [6.07, 6.45) is 0.401. The van der Waals surface area contributed by atoms with E-state index in [-0.39, 0.29) is 5.75 Å². The molecule has 0 saturated heterocycles. The molecule has 0 aliphatic carbocycles. The fourth-order valence-electron chi connectivity index (χ4n) is 1.27. The number of nitrogens with zero attached hydrogens (tertiary/aromatic N) is 2. The van der Waals surface area contributed by atoms with Crippen LogP contribution in [0.1, 0.15) is 17.5 Å². The zero-order valence-electron chi connectivity index (χ0n) is 9.26. The fourth-order valence-corrected chi connectivity index (χ4v) is 3.26. The molecule has 0 fully saturated rings. The Morgan fingerprint density at radius 3 is 2.56 bits per heavy atom. The number of thioether (sulfide) groups is 1. The van der Waals surface area contributed by atoms with Crippen molar-refractivity contribution < 1.29 is 8.42 Å². The molecule has 0 radical (unpaired) electrons. The highest BCUT2D eigenvalue weighted by atomic mass is 35.7. The Morgan fingerprint density at radius 1 is 1.28 bits per heavy atom. The lowest BCUT2D eigenvalue weighted by Crippen LogP contribution is -1.98. The van der Waals surface area contributed by atoms with E-state index in [2.05, 4.69) is 0 Å². The van der Waals surface area contributed by atoms with Crippen molar-refractivity contribution in [1.29, 1.82) is 10.5 Å². The van der Waals surface area contributed by atoms with E-state index in [0.717, 1.165) is 0 Å². The molecule has 1 aromatic carbocycles. The minimum atomic E-state index is -3.47. The van der Waals surface area contributed by atoms with Crippen LogP contribution in [0.15, 0.2) is 23.1 Å². The van der Waals surface area contributed by atoms with Gasteiger partial charge in [0.1, 0.15) is 12.1 Å². The normalized spacial score (nSPS) is 10.6. The third kappa shape index (κ3) is 4.58. The maximum atomic E-state index is 10.7. The summed E-state index contributed by atoms with van der Waals surface area (Å²) in [5.41, 5.74) is 0.659. The Kier molecular flexibility index (Phi) is 5.49.